The molecule has 0 amide bonds. The van der Waals surface area contributed by atoms with E-state index in [1.807, 2.05) is 118 Å². The van der Waals surface area contributed by atoms with Crippen molar-refractivity contribution < 1.29 is 58.6 Å². The Bertz CT molecular complexity index is 8550. The monoisotopic (exact) mass is 1830 g/mol. The van der Waals surface area contributed by atoms with E-state index in [1.54, 1.807) is 32.4 Å². The Morgan fingerprint density at radius 3 is 0.672 bits per heavy atom. The van der Waals surface area contributed by atoms with Gasteiger partial charge in [0.25, 0.3) is 0 Å². The van der Waals surface area contributed by atoms with Crippen molar-refractivity contribution in [2.75, 3.05) is 0 Å². The molecule has 15 nitrogen and oxygen atoms in total. The first-order valence-corrected chi connectivity index (χ1v) is 48.5. The van der Waals surface area contributed by atoms with Crippen LogP contribution in [0.4, 0.5) is 0 Å². The lowest BCUT2D eigenvalue weighted by molar-refractivity contribution is -0.660. The molecule has 15 aromatic heterocycles. The largest absolute Gasteiger partial charge is 0.437 e. The van der Waals surface area contributed by atoms with Gasteiger partial charge in [-0.05, 0) is 246 Å². The maximum atomic E-state index is 8.58. The summed E-state index contributed by atoms with van der Waals surface area (Å²) in [5.41, 5.74) is 36.9. The Labute approximate surface area is 822 Å². The molecule has 5 aromatic carbocycles. The van der Waals surface area contributed by atoms with Crippen molar-refractivity contribution >= 4 is 110 Å². The normalized spacial score (nSPS) is 13.3. The summed E-state index contributed by atoms with van der Waals surface area (Å²) in [6, 6.07) is 52.4. The zero-order valence-electron chi connectivity index (χ0n) is 95.4. The number of aromatic nitrogens is 10. The Balaban J connectivity index is 0.000000131. The maximum Gasteiger partial charge on any atom is 0.227 e. The van der Waals surface area contributed by atoms with Crippen LogP contribution < -0.4 is 22.8 Å². The highest BCUT2D eigenvalue weighted by atomic mass is 16.4. The smallest absolute Gasteiger partial charge is 0.227 e. The number of hydrogen-bond acceptors (Lipinski definition) is 10. The van der Waals surface area contributed by atoms with Crippen molar-refractivity contribution in [3.63, 3.8) is 0 Å². The average Bonchev–Trinajstić information content (AvgIpc) is 1.62. The Morgan fingerprint density at radius 2 is 0.453 bits per heavy atom. The number of benzene rings is 5. The van der Waals surface area contributed by atoms with Gasteiger partial charge in [0, 0.05) is 154 Å². The zero-order chi connectivity index (χ0) is 107. The lowest BCUT2D eigenvalue weighted by atomic mass is 9.94. The lowest BCUT2D eigenvalue weighted by Crippen LogP contribution is -2.32. The number of nitrogens with zero attached hydrogens (tertiary/aromatic N) is 10. The van der Waals surface area contributed by atoms with Gasteiger partial charge in [0.05, 0.1) is 27.8 Å². The highest BCUT2D eigenvalue weighted by molar-refractivity contribution is 6.13. The third-order valence-electron chi connectivity index (χ3n) is 27.3. The van der Waals surface area contributed by atoms with Crippen LogP contribution in [0.1, 0.15) is 285 Å². The van der Waals surface area contributed by atoms with Crippen LogP contribution >= 0.6 is 0 Å². The minimum absolute atomic E-state index is 0.0841. The van der Waals surface area contributed by atoms with Crippen molar-refractivity contribution in [3.05, 3.63) is 295 Å². The highest BCUT2D eigenvalue weighted by Gasteiger charge is 2.31. The van der Waals surface area contributed by atoms with Gasteiger partial charge < -0.3 is 22.1 Å². The highest BCUT2D eigenvalue weighted by Crippen LogP contribution is 2.45. The van der Waals surface area contributed by atoms with Gasteiger partial charge in [-0.2, -0.15) is 0 Å². The molecule has 0 radical (unpaired) electrons. The fraction of sp³-hybridized carbons (Fsp3) is 0.344. The third kappa shape index (κ3) is 18.5. The number of pyridine rings is 10. The molecule has 0 aliphatic carbocycles. The summed E-state index contributed by atoms with van der Waals surface area (Å²) in [6.07, 6.45) is 12.1. The Morgan fingerprint density at radius 1 is 0.248 bits per heavy atom. The van der Waals surface area contributed by atoms with Crippen molar-refractivity contribution in [2.45, 2.75) is 247 Å². The second kappa shape index (κ2) is 39.0. The molecule has 0 saturated heterocycles. The molecule has 0 aliphatic rings. The number of furan rings is 5. The SMILES string of the molecule is CCc1ccc2c(n1)oc1c(-c3cc(C(C)C)c(C)c[n+]3C)c(C)ccc12.Cc1c[n+](C)c(-c2c(C)ccc3c2oc2nc(C(C)C)ccc23)cc1C(C)C.[2H]C([2H])([2H])c1c[n+](C)c(-c2c(C)ccc3c2oc2nc(C(C)C)ccc23)cc1C(C)C.[2H]C([2H])([2H])c1c[n+](C)c(-c2c(C)ccc3c2oc2nc(CC)ccc23)cc1C(C)C.[2H]C([2H])([2H])c1c[n+](C)c(-c2c(C)ccc3c2oc2nc(CC)ccc23)cc1C([2H])(C)C. The van der Waals surface area contributed by atoms with E-state index in [4.69, 9.17) is 50.7 Å². The molecule has 0 fully saturated rings. The second-order valence-electron chi connectivity index (χ2n) is 39.5. The predicted molar refractivity (Wildman–Crippen MR) is 565 cm³/mol. The lowest BCUT2D eigenvalue weighted by Gasteiger charge is -2.12. The minimum Gasteiger partial charge on any atom is -0.437 e. The first-order valence-electron chi connectivity index (χ1n) is 53.5. The molecule has 137 heavy (non-hydrogen) atoms. The quantitative estimate of drug-likeness (QED) is 0.0908. The molecule has 0 unspecified atom stereocenters. The summed E-state index contributed by atoms with van der Waals surface area (Å²) in [5, 5.41) is 10.4. The van der Waals surface area contributed by atoms with Crippen molar-refractivity contribution in [2.24, 2.45) is 35.2 Å². The molecular weight excluding hydrogens is 1690 g/mol. The molecule has 20 aromatic rings. The van der Waals surface area contributed by atoms with Crippen LogP contribution in [-0.4, -0.2) is 24.9 Å². The molecule has 0 bridgehead atoms. The van der Waals surface area contributed by atoms with Crippen molar-refractivity contribution in [1.82, 2.24) is 24.9 Å². The number of fused-ring (bicyclic) bond motifs is 15. The van der Waals surface area contributed by atoms with Crippen molar-refractivity contribution in [1.29, 1.82) is 0 Å². The van der Waals surface area contributed by atoms with E-state index < -0.39 is 26.4 Å². The Kier molecular flexibility index (Phi) is 23.9. The van der Waals surface area contributed by atoms with Crippen LogP contribution in [0.2, 0.25) is 0 Å². The van der Waals surface area contributed by atoms with Crippen LogP contribution in [0.5, 0.6) is 0 Å². The van der Waals surface area contributed by atoms with Gasteiger partial charge in [-0.1, -0.05) is 178 Å². The topological polar surface area (TPSA) is 150 Å². The zero-order valence-corrected chi connectivity index (χ0v) is 85.4. The molecule has 0 saturated carbocycles. The standard InChI is InChI=1S/2C25H29N2O.3C24H27N2O/c2*1-14(2)20-12-22(27(7)13-17(20)6)23-16(5)8-9-18-19-10-11-21(15(3)4)26-25(19)28-24(18)23;3*1-7-17-9-11-19-18-10-8-15(4)22(23(18)27-24(19)25-17)21-12-20(14(2)3)16(5)13-26(21)6/h2*8-15H,1-7H3;3*8-14H,7H2,1-6H3/q5*+1/i6D3;;5D3,14D;5D3;. The average molecular weight is 1840 g/mol. The van der Waals surface area contributed by atoms with Crippen LogP contribution in [0.15, 0.2) is 205 Å². The summed E-state index contributed by atoms with van der Waals surface area (Å²) >= 11 is 0. The molecule has 0 N–H and O–H groups in total. The first-order chi connectivity index (χ1) is 69.2. The number of aryl methyl sites for hydroxylation is 18. The first kappa shape index (κ1) is 84.1. The van der Waals surface area contributed by atoms with E-state index in [2.05, 4.69) is 266 Å². The van der Waals surface area contributed by atoms with Crippen LogP contribution in [-0.2, 0) is 54.5 Å². The van der Waals surface area contributed by atoms with E-state index in [1.165, 1.54) is 44.8 Å². The molecule has 15 heteroatoms. The van der Waals surface area contributed by atoms with Crippen LogP contribution in [0, 0.1) is 69.0 Å². The van der Waals surface area contributed by atoms with Gasteiger partial charge in [0.1, 0.15) is 35.2 Å². The molecule has 0 aliphatic heterocycles. The second-order valence-corrected chi connectivity index (χ2v) is 39.5. The fourth-order valence-corrected chi connectivity index (χ4v) is 19.5. The predicted octanol–water partition coefficient (Wildman–Crippen LogP) is 30.0. The van der Waals surface area contributed by atoms with E-state index in [0.717, 1.165) is 214 Å². The molecule has 20 rings (SSSR count). The van der Waals surface area contributed by atoms with Gasteiger partial charge in [-0.3, -0.25) is 0 Å². The molecule has 15 heterocycles. The third-order valence-corrected chi connectivity index (χ3v) is 27.3. The number of rotatable bonds is 15. The van der Waals surface area contributed by atoms with E-state index >= 15 is 0 Å². The Hall–Kier alpha value is -13.4. The van der Waals surface area contributed by atoms with Crippen LogP contribution in [0.25, 0.3) is 167 Å². The summed E-state index contributed by atoms with van der Waals surface area (Å²) in [4.78, 5) is 23.5. The van der Waals surface area contributed by atoms with E-state index in [-0.39, 0.29) is 17.4 Å². The molecule has 702 valence electrons. The summed E-state index contributed by atoms with van der Waals surface area (Å²) in [5.74, 6) is 0.754. The minimum atomic E-state index is -2.30. The maximum absolute atomic E-state index is 8.58. The van der Waals surface area contributed by atoms with Gasteiger partial charge >= 0.3 is 0 Å². The molecule has 0 atom stereocenters. The fourth-order valence-electron chi connectivity index (χ4n) is 19.5. The van der Waals surface area contributed by atoms with Gasteiger partial charge in [0.2, 0.25) is 57.0 Å². The van der Waals surface area contributed by atoms with Gasteiger partial charge in [-0.15, -0.1) is 0 Å². The summed E-state index contributed by atoms with van der Waals surface area (Å²) < 4.78 is 122. The van der Waals surface area contributed by atoms with E-state index in [0.29, 0.717) is 57.5 Å². The molecule has 0 spiro atoms. The molecular formula is C122H139N10O5+5. The van der Waals surface area contributed by atoms with Crippen molar-refractivity contribution in [3.8, 4) is 56.3 Å². The summed E-state index contributed by atoms with van der Waals surface area (Å²) in [6.45, 7) is 43.5. The van der Waals surface area contributed by atoms with Crippen LogP contribution in [0.3, 0.4) is 0 Å². The van der Waals surface area contributed by atoms with E-state index in [9.17, 15) is 0 Å². The van der Waals surface area contributed by atoms with Gasteiger partial charge in [0.15, 0.2) is 58.9 Å². The summed E-state index contributed by atoms with van der Waals surface area (Å²) in [7, 11) is 9.84. The van der Waals surface area contributed by atoms with Gasteiger partial charge in [-0.25, -0.2) is 47.8 Å². The number of hydrogen-bond donors (Lipinski definition) is 0.